The highest BCUT2D eigenvalue weighted by Gasteiger charge is 2.32. The molecule has 0 aliphatic heterocycles. The first-order valence-electron chi connectivity index (χ1n) is 10.2. The third kappa shape index (κ3) is 3.58. The van der Waals surface area contributed by atoms with E-state index in [2.05, 4.69) is 55.7 Å². The molecule has 0 aromatic carbocycles. The minimum atomic E-state index is 0.364. The monoisotopic (exact) mass is 404 g/mol. The van der Waals surface area contributed by atoms with Gasteiger partial charge in [0.2, 0.25) is 5.88 Å². The van der Waals surface area contributed by atoms with Gasteiger partial charge in [0.05, 0.1) is 19.0 Å². The topological polar surface area (TPSA) is 106 Å². The summed E-state index contributed by atoms with van der Waals surface area (Å²) in [5.41, 5.74) is 3.15. The lowest BCUT2D eigenvalue weighted by molar-refractivity contribution is 0.150. The van der Waals surface area contributed by atoms with Crippen molar-refractivity contribution < 1.29 is 4.74 Å². The van der Waals surface area contributed by atoms with Crippen molar-refractivity contribution in [1.82, 2.24) is 35.0 Å². The molecule has 0 atom stereocenters. The van der Waals surface area contributed by atoms with Crippen molar-refractivity contribution in [1.29, 1.82) is 0 Å². The fraction of sp³-hybridized carbons (Fsp3) is 0.381. The van der Waals surface area contributed by atoms with Crippen LogP contribution in [0.4, 0.5) is 11.6 Å². The Labute approximate surface area is 173 Å². The van der Waals surface area contributed by atoms with Crippen LogP contribution in [0.3, 0.4) is 0 Å². The molecule has 30 heavy (non-hydrogen) atoms. The first kappa shape index (κ1) is 18.5. The van der Waals surface area contributed by atoms with Gasteiger partial charge in [-0.2, -0.15) is 15.3 Å². The maximum absolute atomic E-state index is 5.98. The van der Waals surface area contributed by atoms with Crippen molar-refractivity contribution in [2.75, 3.05) is 11.9 Å². The van der Waals surface area contributed by atoms with E-state index < -0.39 is 0 Å². The largest absolute Gasteiger partial charge is 0.476 e. The summed E-state index contributed by atoms with van der Waals surface area (Å²) in [4.78, 5) is 4.39. The molecule has 1 saturated carbocycles. The average Bonchev–Trinajstić information content (AvgIpc) is 3.37. The molecule has 0 saturated heterocycles. The Kier molecular flexibility index (Phi) is 4.78. The number of fused-ring (bicyclic) bond motifs is 1. The molecule has 0 bridgehead atoms. The van der Waals surface area contributed by atoms with E-state index >= 15 is 0 Å². The van der Waals surface area contributed by atoms with Crippen LogP contribution in [0.1, 0.15) is 49.8 Å². The second-order valence-corrected chi connectivity index (χ2v) is 8.06. The van der Waals surface area contributed by atoms with Crippen molar-refractivity contribution in [3.63, 3.8) is 0 Å². The van der Waals surface area contributed by atoms with Gasteiger partial charge < -0.3 is 10.1 Å². The summed E-state index contributed by atoms with van der Waals surface area (Å²) in [5, 5.41) is 23.2. The van der Waals surface area contributed by atoms with Crippen LogP contribution in [-0.2, 0) is 0 Å². The first-order chi connectivity index (χ1) is 14.7. The van der Waals surface area contributed by atoms with Crippen LogP contribution in [0.2, 0.25) is 0 Å². The zero-order valence-electron chi connectivity index (χ0n) is 17.0. The van der Waals surface area contributed by atoms with Gasteiger partial charge in [0.15, 0.2) is 11.6 Å². The average molecular weight is 404 g/mol. The van der Waals surface area contributed by atoms with Gasteiger partial charge in [-0.05, 0) is 36.8 Å². The fourth-order valence-corrected chi connectivity index (χ4v) is 3.89. The SMILES string of the molecule is CC(C)c1ccnnc1OCC1CC(c2cc(Nc3nccn4nccc34)n[nH]2)C1. The van der Waals surface area contributed by atoms with Crippen LogP contribution < -0.4 is 10.1 Å². The van der Waals surface area contributed by atoms with Crippen LogP contribution in [0.5, 0.6) is 5.88 Å². The molecular weight excluding hydrogens is 380 g/mol. The number of H-pyrrole nitrogens is 1. The third-order valence-corrected chi connectivity index (χ3v) is 5.64. The molecule has 0 unspecified atom stereocenters. The van der Waals surface area contributed by atoms with E-state index in [1.807, 2.05) is 18.3 Å². The highest BCUT2D eigenvalue weighted by molar-refractivity contribution is 5.71. The number of nitrogens with zero attached hydrogens (tertiary/aromatic N) is 6. The quantitative estimate of drug-likeness (QED) is 0.484. The van der Waals surface area contributed by atoms with Crippen molar-refractivity contribution in [2.24, 2.45) is 5.92 Å². The van der Waals surface area contributed by atoms with Gasteiger partial charge >= 0.3 is 0 Å². The van der Waals surface area contributed by atoms with Gasteiger partial charge in [-0.1, -0.05) is 13.8 Å². The van der Waals surface area contributed by atoms with E-state index in [4.69, 9.17) is 4.74 Å². The number of hydrogen-bond donors (Lipinski definition) is 2. The van der Waals surface area contributed by atoms with Crippen molar-refractivity contribution >= 4 is 17.2 Å². The third-order valence-electron chi connectivity index (χ3n) is 5.64. The molecule has 154 valence electrons. The zero-order chi connectivity index (χ0) is 20.5. The van der Waals surface area contributed by atoms with Crippen LogP contribution in [0, 0.1) is 5.92 Å². The van der Waals surface area contributed by atoms with E-state index in [-0.39, 0.29) is 0 Å². The maximum Gasteiger partial charge on any atom is 0.236 e. The second kappa shape index (κ2) is 7.74. The molecular formula is C21H24N8O. The lowest BCUT2D eigenvalue weighted by Crippen LogP contribution is -2.27. The van der Waals surface area contributed by atoms with Crippen LogP contribution in [0.25, 0.3) is 5.52 Å². The second-order valence-electron chi connectivity index (χ2n) is 8.06. The summed E-state index contributed by atoms with van der Waals surface area (Å²) in [6.45, 7) is 4.94. The van der Waals surface area contributed by atoms with E-state index in [1.165, 1.54) is 0 Å². The number of anilines is 2. The van der Waals surface area contributed by atoms with E-state index in [0.29, 0.717) is 30.2 Å². The minimum Gasteiger partial charge on any atom is -0.476 e. The molecule has 9 heteroatoms. The minimum absolute atomic E-state index is 0.364. The molecule has 1 aliphatic rings. The Morgan fingerprint density at radius 1 is 1.23 bits per heavy atom. The highest BCUT2D eigenvalue weighted by Crippen LogP contribution is 2.41. The fourth-order valence-electron chi connectivity index (χ4n) is 3.89. The molecule has 4 aromatic rings. The molecule has 1 fully saturated rings. The number of rotatable bonds is 7. The zero-order valence-corrected chi connectivity index (χ0v) is 17.0. The molecule has 0 radical (unpaired) electrons. The summed E-state index contributed by atoms with van der Waals surface area (Å²) < 4.78 is 7.75. The van der Waals surface area contributed by atoms with Crippen molar-refractivity contribution in [2.45, 2.75) is 38.5 Å². The molecule has 0 amide bonds. The van der Waals surface area contributed by atoms with Gasteiger partial charge in [-0.15, -0.1) is 5.10 Å². The Bertz CT molecular complexity index is 1140. The number of nitrogens with one attached hydrogen (secondary N) is 2. The number of hydrogen-bond acceptors (Lipinski definition) is 7. The predicted molar refractivity (Wildman–Crippen MR) is 112 cm³/mol. The van der Waals surface area contributed by atoms with Gasteiger partial charge in [-0.3, -0.25) is 5.10 Å². The Morgan fingerprint density at radius 2 is 2.13 bits per heavy atom. The van der Waals surface area contributed by atoms with Gasteiger partial charge in [0.25, 0.3) is 0 Å². The molecule has 1 aliphatic carbocycles. The molecule has 9 nitrogen and oxygen atoms in total. The number of ether oxygens (including phenoxy) is 1. The van der Waals surface area contributed by atoms with Gasteiger partial charge in [-0.25, -0.2) is 9.50 Å². The van der Waals surface area contributed by atoms with Gasteiger partial charge in [0.1, 0.15) is 5.52 Å². The lowest BCUT2D eigenvalue weighted by Gasteiger charge is -2.34. The molecule has 5 rings (SSSR count). The van der Waals surface area contributed by atoms with Crippen LogP contribution >= 0.6 is 0 Å². The lowest BCUT2D eigenvalue weighted by atomic mass is 9.74. The van der Waals surface area contributed by atoms with E-state index in [9.17, 15) is 0 Å². The smallest absolute Gasteiger partial charge is 0.236 e. The summed E-state index contributed by atoms with van der Waals surface area (Å²) in [6, 6.07) is 5.96. The standard InChI is InChI=1S/C21H24N8O/c1-13(2)16-3-5-23-28-21(16)30-12-14-9-15(10-14)17-11-19(27-26-17)25-20-18-4-6-24-29(18)8-7-22-20/h3-8,11,13-15H,9-10,12H2,1-2H3,(H2,22,25,26,27). The molecule has 4 aromatic heterocycles. The Morgan fingerprint density at radius 3 is 3.00 bits per heavy atom. The highest BCUT2D eigenvalue weighted by atomic mass is 16.5. The van der Waals surface area contributed by atoms with Crippen LogP contribution in [-0.4, -0.2) is 41.6 Å². The maximum atomic E-state index is 5.98. The Balaban J connectivity index is 1.17. The summed E-state index contributed by atoms with van der Waals surface area (Å²) in [6.07, 6.45) is 9.13. The number of aromatic amines is 1. The van der Waals surface area contributed by atoms with Gasteiger partial charge in [0, 0.05) is 35.6 Å². The van der Waals surface area contributed by atoms with Crippen molar-refractivity contribution in [3.8, 4) is 5.88 Å². The van der Waals surface area contributed by atoms with E-state index in [1.54, 1.807) is 23.1 Å². The molecule has 0 spiro atoms. The predicted octanol–water partition coefficient (Wildman–Crippen LogP) is 3.68. The molecule has 4 heterocycles. The number of aromatic nitrogens is 7. The first-order valence-corrected chi connectivity index (χ1v) is 10.2. The van der Waals surface area contributed by atoms with E-state index in [0.717, 1.165) is 41.3 Å². The molecule has 2 N–H and O–H groups in total. The summed E-state index contributed by atoms with van der Waals surface area (Å²) in [7, 11) is 0. The summed E-state index contributed by atoms with van der Waals surface area (Å²) >= 11 is 0. The summed E-state index contributed by atoms with van der Waals surface area (Å²) in [5.74, 6) is 3.49. The Hall–Kier alpha value is -3.49. The normalized spacial score (nSPS) is 18.5. The van der Waals surface area contributed by atoms with Crippen molar-refractivity contribution in [3.05, 3.63) is 54.2 Å². The van der Waals surface area contributed by atoms with Crippen LogP contribution in [0.15, 0.2) is 43.0 Å².